The molecule has 0 aliphatic carbocycles. The first kappa shape index (κ1) is 25.0. The molecule has 3 N–H and O–H groups in total. The van der Waals surface area contributed by atoms with E-state index in [1.165, 1.54) is 23.5 Å². The van der Waals surface area contributed by atoms with Crippen molar-refractivity contribution >= 4 is 39.1 Å². The third-order valence-electron chi connectivity index (χ3n) is 6.22. The van der Waals surface area contributed by atoms with Gasteiger partial charge in [0, 0.05) is 28.1 Å². The SMILES string of the molecule is COc1ccccc1-c1csc2cnc(Nc3ccc(C(=O)NC4CCNCC4)cc3C(F)(F)F)nc12. The molecule has 3 heterocycles. The standard InChI is InChI=1S/C26H24F3N5O2S/c1-36-21-5-3-2-4-17(21)18-14-37-22-13-31-25(34-23(18)22)33-20-7-6-15(12-19(20)26(27,28)29)24(35)32-16-8-10-30-11-9-16/h2-7,12-14,16,30H,8-11H2,1H3,(H,32,35)(H,31,33,34). The van der Waals surface area contributed by atoms with E-state index < -0.39 is 17.6 Å². The summed E-state index contributed by atoms with van der Waals surface area (Å²) in [5, 5.41) is 10.6. The molecule has 2 aromatic heterocycles. The largest absolute Gasteiger partial charge is 0.496 e. The van der Waals surface area contributed by atoms with Crippen LogP contribution in [0, 0.1) is 0 Å². The maximum atomic E-state index is 14.0. The second-order valence-corrected chi connectivity index (χ2v) is 9.55. The van der Waals surface area contributed by atoms with Crippen molar-refractivity contribution < 1.29 is 22.7 Å². The second-order valence-electron chi connectivity index (χ2n) is 8.64. The molecule has 0 saturated carbocycles. The third kappa shape index (κ3) is 5.37. The van der Waals surface area contributed by atoms with Crippen LogP contribution in [0.4, 0.5) is 24.8 Å². The first-order valence-corrected chi connectivity index (χ1v) is 12.6. The number of rotatable bonds is 6. The van der Waals surface area contributed by atoms with Crippen molar-refractivity contribution in [1.82, 2.24) is 20.6 Å². The van der Waals surface area contributed by atoms with E-state index in [1.807, 2.05) is 29.6 Å². The Morgan fingerprint density at radius 2 is 1.92 bits per heavy atom. The monoisotopic (exact) mass is 527 g/mol. The van der Waals surface area contributed by atoms with Crippen LogP contribution in [-0.4, -0.2) is 42.1 Å². The number of fused-ring (bicyclic) bond motifs is 1. The van der Waals surface area contributed by atoms with Gasteiger partial charge in [-0.15, -0.1) is 11.3 Å². The van der Waals surface area contributed by atoms with Crippen LogP contribution in [0.2, 0.25) is 0 Å². The smallest absolute Gasteiger partial charge is 0.418 e. The molecule has 5 rings (SSSR count). The number of para-hydroxylation sites is 1. The van der Waals surface area contributed by atoms with Gasteiger partial charge in [0.1, 0.15) is 5.75 Å². The number of thiophene rings is 1. The van der Waals surface area contributed by atoms with Crippen LogP contribution in [-0.2, 0) is 6.18 Å². The average Bonchev–Trinajstić information content (AvgIpc) is 3.32. The number of benzene rings is 2. The fraction of sp³-hybridized carbons (Fsp3) is 0.269. The molecule has 0 spiro atoms. The fourth-order valence-corrected chi connectivity index (χ4v) is 5.20. The number of carbonyl (C=O) groups is 1. The molecule has 192 valence electrons. The Balaban J connectivity index is 1.45. The minimum atomic E-state index is -4.69. The predicted molar refractivity (Wildman–Crippen MR) is 137 cm³/mol. The molecule has 1 aliphatic rings. The van der Waals surface area contributed by atoms with Gasteiger partial charge in [0.25, 0.3) is 5.91 Å². The number of anilines is 2. The number of aromatic nitrogens is 2. The topological polar surface area (TPSA) is 88.2 Å². The maximum absolute atomic E-state index is 14.0. The first-order chi connectivity index (χ1) is 17.8. The lowest BCUT2D eigenvalue weighted by molar-refractivity contribution is -0.136. The van der Waals surface area contributed by atoms with Gasteiger partial charge < -0.3 is 20.7 Å². The average molecular weight is 528 g/mol. The van der Waals surface area contributed by atoms with Gasteiger partial charge in [0.2, 0.25) is 5.95 Å². The molecule has 0 unspecified atom stereocenters. The van der Waals surface area contributed by atoms with Crippen molar-refractivity contribution in [2.24, 2.45) is 0 Å². The van der Waals surface area contributed by atoms with Gasteiger partial charge in [-0.2, -0.15) is 13.2 Å². The normalized spacial score (nSPS) is 14.5. The number of carbonyl (C=O) groups excluding carboxylic acids is 1. The molecular formula is C26H24F3N5O2S. The van der Waals surface area contributed by atoms with Crippen LogP contribution in [0.3, 0.4) is 0 Å². The molecule has 1 aliphatic heterocycles. The van der Waals surface area contributed by atoms with E-state index in [9.17, 15) is 18.0 Å². The van der Waals surface area contributed by atoms with Gasteiger partial charge in [0.05, 0.1) is 34.8 Å². The highest BCUT2D eigenvalue weighted by molar-refractivity contribution is 7.17. The lowest BCUT2D eigenvalue weighted by atomic mass is 10.0. The van der Waals surface area contributed by atoms with Crippen molar-refractivity contribution in [2.75, 3.05) is 25.5 Å². The van der Waals surface area contributed by atoms with Gasteiger partial charge in [-0.05, 0) is 50.2 Å². The fourth-order valence-electron chi connectivity index (χ4n) is 4.33. The zero-order valence-corrected chi connectivity index (χ0v) is 20.7. The van der Waals surface area contributed by atoms with Gasteiger partial charge >= 0.3 is 6.18 Å². The number of methoxy groups -OCH3 is 1. The number of ether oxygens (including phenoxy) is 1. The maximum Gasteiger partial charge on any atom is 0.418 e. The molecular weight excluding hydrogens is 503 g/mol. The Hall–Kier alpha value is -3.70. The van der Waals surface area contributed by atoms with Gasteiger partial charge in [0.15, 0.2) is 0 Å². The van der Waals surface area contributed by atoms with E-state index in [2.05, 4.69) is 25.9 Å². The van der Waals surface area contributed by atoms with E-state index in [4.69, 9.17) is 4.74 Å². The first-order valence-electron chi connectivity index (χ1n) is 11.7. The molecule has 1 saturated heterocycles. The lowest BCUT2D eigenvalue weighted by Gasteiger charge is -2.24. The minimum absolute atomic E-state index is 0.0134. The summed E-state index contributed by atoms with van der Waals surface area (Å²) in [6, 6.07) is 10.9. The number of hydrogen-bond acceptors (Lipinski definition) is 7. The quantitative estimate of drug-likeness (QED) is 0.302. The van der Waals surface area contributed by atoms with Crippen LogP contribution in [0.25, 0.3) is 21.3 Å². The summed E-state index contributed by atoms with van der Waals surface area (Å²) >= 11 is 1.43. The molecule has 0 radical (unpaired) electrons. The van der Waals surface area contributed by atoms with Gasteiger partial charge in [-0.3, -0.25) is 4.79 Å². The number of amides is 1. The molecule has 1 amide bonds. The predicted octanol–water partition coefficient (Wildman–Crippen LogP) is 5.61. The highest BCUT2D eigenvalue weighted by Crippen LogP contribution is 2.39. The molecule has 0 bridgehead atoms. The molecule has 0 atom stereocenters. The second kappa shape index (κ2) is 10.3. The third-order valence-corrected chi connectivity index (χ3v) is 7.13. The summed E-state index contributed by atoms with van der Waals surface area (Å²) in [4.78, 5) is 21.4. The Morgan fingerprint density at radius 1 is 1.14 bits per heavy atom. The number of halogens is 3. The van der Waals surface area contributed by atoms with Crippen molar-refractivity contribution in [3.05, 3.63) is 65.2 Å². The molecule has 2 aromatic carbocycles. The van der Waals surface area contributed by atoms with Crippen LogP contribution in [0.1, 0.15) is 28.8 Å². The summed E-state index contributed by atoms with van der Waals surface area (Å²) in [5.41, 5.74) is 0.955. The number of hydrogen-bond donors (Lipinski definition) is 3. The van der Waals surface area contributed by atoms with Crippen molar-refractivity contribution in [1.29, 1.82) is 0 Å². The van der Waals surface area contributed by atoms with Crippen molar-refractivity contribution in [2.45, 2.75) is 25.1 Å². The van der Waals surface area contributed by atoms with Gasteiger partial charge in [-0.1, -0.05) is 18.2 Å². The number of nitrogens with one attached hydrogen (secondary N) is 3. The van der Waals surface area contributed by atoms with Crippen molar-refractivity contribution in [3.63, 3.8) is 0 Å². The Labute approximate surface area is 215 Å². The van der Waals surface area contributed by atoms with Crippen LogP contribution >= 0.6 is 11.3 Å². The van der Waals surface area contributed by atoms with Gasteiger partial charge in [-0.25, -0.2) is 9.97 Å². The lowest BCUT2D eigenvalue weighted by Crippen LogP contribution is -2.42. The van der Waals surface area contributed by atoms with Crippen molar-refractivity contribution in [3.8, 4) is 16.9 Å². The van der Waals surface area contributed by atoms with E-state index in [0.29, 0.717) is 11.3 Å². The molecule has 7 nitrogen and oxygen atoms in total. The van der Waals surface area contributed by atoms with Crippen LogP contribution < -0.4 is 20.7 Å². The van der Waals surface area contributed by atoms with E-state index in [-0.39, 0.29) is 23.2 Å². The highest BCUT2D eigenvalue weighted by Gasteiger charge is 2.35. The number of piperidine rings is 1. The molecule has 37 heavy (non-hydrogen) atoms. The summed E-state index contributed by atoms with van der Waals surface area (Å²) in [7, 11) is 1.57. The Morgan fingerprint density at radius 3 is 2.68 bits per heavy atom. The Kier molecular flexibility index (Phi) is 6.98. The highest BCUT2D eigenvalue weighted by atomic mass is 32.1. The molecule has 4 aromatic rings. The summed E-state index contributed by atoms with van der Waals surface area (Å²) in [6.07, 6.45) is -1.65. The van der Waals surface area contributed by atoms with Crippen LogP contribution in [0.5, 0.6) is 5.75 Å². The number of nitrogens with zero attached hydrogens (tertiary/aromatic N) is 2. The zero-order chi connectivity index (χ0) is 26.0. The minimum Gasteiger partial charge on any atom is -0.496 e. The molecule has 1 fully saturated rings. The van der Waals surface area contributed by atoms with Crippen LogP contribution in [0.15, 0.2) is 54.0 Å². The summed E-state index contributed by atoms with van der Waals surface area (Å²) in [5.74, 6) is 0.147. The summed E-state index contributed by atoms with van der Waals surface area (Å²) in [6.45, 7) is 1.52. The summed E-state index contributed by atoms with van der Waals surface area (Å²) < 4.78 is 48.2. The number of alkyl halides is 3. The molecule has 11 heteroatoms. The zero-order valence-electron chi connectivity index (χ0n) is 19.9. The van der Waals surface area contributed by atoms with E-state index in [0.717, 1.165) is 47.8 Å². The Bertz CT molecular complexity index is 1430. The van der Waals surface area contributed by atoms with E-state index >= 15 is 0 Å². The van der Waals surface area contributed by atoms with E-state index in [1.54, 1.807) is 13.3 Å².